The standard InChI is InChI=1S/C23H23NO2/c1-25-22-15-20-16-24(21-10-6-3-7-11-21)13-12-19(20)14-23(22)26-17-18-8-4-2-5-9-18/h2-11,14-15H,12-13,16-17H2,1H3. The van der Waals surface area contributed by atoms with E-state index in [0.717, 1.165) is 36.6 Å². The van der Waals surface area contributed by atoms with Crippen LogP contribution in [0.5, 0.6) is 11.5 Å². The van der Waals surface area contributed by atoms with Crippen LogP contribution in [0.1, 0.15) is 16.7 Å². The van der Waals surface area contributed by atoms with Crippen LogP contribution in [-0.2, 0) is 19.6 Å². The van der Waals surface area contributed by atoms with Crippen molar-refractivity contribution in [2.45, 2.75) is 19.6 Å². The van der Waals surface area contributed by atoms with Crippen molar-refractivity contribution in [3.8, 4) is 11.5 Å². The van der Waals surface area contributed by atoms with Gasteiger partial charge in [-0.25, -0.2) is 0 Å². The molecule has 0 bridgehead atoms. The van der Waals surface area contributed by atoms with Gasteiger partial charge < -0.3 is 14.4 Å². The van der Waals surface area contributed by atoms with E-state index in [1.165, 1.54) is 16.8 Å². The minimum Gasteiger partial charge on any atom is -0.493 e. The Kier molecular flexibility index (Phi) is 4.78. The van der Waals surface area contributed by atoms with Gasteiger partial charge in [-0.2, -0.15) is 0 Å². The Bertz CT molecular complexity index is 846. The maximum absolute atomic E-state index is 6.05. The number of ether oxygens (including phenoxy) is 2. The van der Waals surface area contributed by atoms with Crippen LogP contribution in [0.4, 0.5) is 5.69 Å². The first kappa shape index (κ1) is 16.5. The Morgan fingerprint density at radius 1 is 0.846 bits per heavy atom. The van der Waals surface area contributed by atoms with Crippen LogP contribution in [0.25, 0.3) is 0 Å². The van der Waals surface area contributed by atoms with Crippen molar-refractivity contribution in [3.05, 3.63) is 89.5 Å². The molecule has 0 aliphatic carbocycles. The maximum Gasteiger partial charge on any atom is 0.161 e. The minimum atomic E-state index is 0.548. The van der Waals surface area contributed by atoms with Gasteiger partial charge in [0.15, 0.2) is 11.5 Å². The summed E-state index contributed by atoms with van der Waals surface area (Å²) in [5.74, 6) is 1.62. The number of anilines is 1. The highest BCUT2D eigenvalue weighted by atomic mass is 16.5. The second kappa shape index (κ2) is 7.52. The average molecular weight is 345 g/mol. The molecular weight excluding hydrogens is 322 g/mol. The molecule has 1 aliphatic heterocycles. The van der Waals surface area contributed by atoms with Gasteiger partial charge in [0.1, 0.15) is 6.61 Å². The molecule has 3 heteroatoms. The number of benzene rings is 3. The van der Waals surface area contributed by atoms with Crippen molar-refractivity contribution in [1.29, 1.82) is 0 Å². The summed E-state index contributed by atoms with van der Waals surface area (Å²) in [5, 5.41) is 0. The van der Waals surface area contributed by atoms with E-state index in [9.17, 15) is 0 Å². The maximum atomic E-state index is 6.05. The summed E-state index contributed by atoms with van der Waals surface area (Å²) in [6.07, 6.45) is 1.01. The van der Waals surface area contributed by atoms with Gasteiger partial charge in [-0.1, -0.05) is 48.5 Å². The summed E-state index contributed by atoms with van der Waals surface area (Å²) in [5.41, 5.74) is 5.08. The van der Waals surface area contributed by atoms with Crippen molar-refractivity contribution in [1.82, 2.24) is 0 Å². The highest BCUT2D eigenvalue weighted by Crippen LogP contribution is 2.35. The lowest BCUT2D eigenvalue weighted by Gasteiger charge is -2.31. The molecule has 0 unspecified atom stereocenters. The van der Waals surface area contributed by atoms with Gasteiger partial charge in [-0.05, 0) is 47.4 Å². The summed E-state index contributed by atoms with van der Waals surface area (Å²) in [4.78, 5) is 2.41. The fourth-order valence-electron chi connectivity index (χ4n) is 3.43. The van der Waals surface area contributed by atoms with Crippen LogP contribution in [0.2, 0.25) is 0 Å². The van der Waals surface area contributed by atoms with Crippen molar-refractivity contribution < 1.29 is 9.47 Å². The van der Waals surface area contributed by atoms with E-state index in [1.807, 2.05) is 18.2 Å². The summed E-state index contributed by atoms with van der Waals surface area (Å²) < 4.78 is 11.7. The zero-order valence-electron chi connectivity index (χ0n) is 15.0. The molecule has 3 aromatic carbocycles. The highest BCUT2D eigenvalue weighted by molar-refractivity contribution is 5.53. The normalized spacial score (nSPS) is 13.2. The Morgan fingerprint density at radius 2 is 1.54 bits per heavy atom. The van der Waals surface area contributed by atoms with Crippen LogP contribution < -0.4 is 14.4 Å². The fourth-order valence-corrected chi connectivity index (χ4v) is 3.43. The van der Waals surface area contributed by atoms with E-state index in [4.69, 9.17) is 9.47 Å². The first-order valence-corrected chi connectivity index (χ1v) is 9.00. The van der Waals surface area contributed by atoms with E-state index in [0.29, 0.717) is 6.61 Å². The molecule has 0 N–H and O–H groups in total. The Balaban J connectivity index is 1.54. The first-order valence-electron chi connectivity index (χ1n) is 9.00. The second-order valence-electron chi connectivity index (χ2n) is 6.55. The topological polar surface area (TPSA) is 21.7 Å². The van der Waals surface area contributed by atoms with Gasteiger partial charge >= 0.3 is 0 Å². The summed E-state index contributed by atoms with van der Waals surface area (Å²) in [6, 6.07) is 25.1. The Labute approximate surface area is 154 Å². The molecule has 0 spiro atoms. The minimum absolute atomic E-state index is 0.548. The number of hydrogen-bond acceptors (Lipinski definition) is 3. The molecule has 0 fully saturated rings. The molecule has 0 saturated carbocycles. The molecule has 0 atom stereocenters. The second-order valence-corrected chi connectivity index (χ2v) is 6.55. The Hall–Kier alpha value is -2.94. The van der Waals surface area contributed by atoms with Gasteiger partial charge in [0.25, 0.3) is 0 Å². The zero-order chi connectivity index (χ0) is 17.8. The molecule has 3 nitrogen and oxygen atoms in total. The molecule has 0 aromatic heterocycles. The molecule has 3 aromatic rings. The van der Waals surface area contributed by atoms with Crippen molar-refractivity contribution in [2.24, 2.45) is 0 Å². The zero-order valence-corrected chi connectivity index (χ0v) is 15.0. The molecule has 0 saturated heterocycles. The highest BCUT2D eigenvalue weighted by Gasteiger charge is 2.20. The summed E-state index contributed by atoms with van der Waals surface area (Å²) in [6.45, 7) is 2.46. The van der Waals surface area contributed by atoms with Gasteiger partial charge in [-0.3, -0.25) is 0 Å². The fraction of sp³-hybridized carbons (Fsp3) is 0.217. The van der Waals surface area contributed by atoms with Gasteiger partial charge in [-0.15, -0.1) is 0 Å². The van der Waals surface area contributed by atoms with Crippen LogP contribution >= 0.6 is 0 Å². The molecule has 0 radical (unpaired) electrons. The van der Waals surface area contributed by atoms with Gasteiger partial charge in [0.05, 0.1) is 7.11 Å². The predicted molar refractivity (Wildman–Crippen MR) is 105 cm³/mol. The summed E-state index contributed by atoms with van der Waals surface area (Å²) >= 11 is 0. The van der Waals surface area contributed by atoms with E-state index < -0.39 is 0 Å². The molecule has 132 valence electrons. The van der Waals surface area contributed by atoms with Crippen LogP contribution in [0.3, 0.4) is 0 Å². The quantitative estimate of drug-likeness (QED) is 0.661. The molecule has 1 aliphatic rings. The number of fused-ring (bicyclic) bond motifs is 1. The Morgan fingerprint density at radius 3 is 2.27 bits per heavy atom. The van der Waals surface area contributed by atoms with Crippen molar-refractivity contribution >= 4 is 5.69 Å². The third kappa shape index (κ3) is 3.52. The van der Waals surface area contributed by atoms with E-state index in [1.54, 1.807) is 7.11 Å². The lowest BCUT2D eigenvalue weighted by molar-refractivity contribution is 0.284. The predicted octanol–water partition coefficient (Wildman–Crippen LogP) is 4.84. The number of methoxy groups -OCH3 is 1. The largest absolute Gasteiger partial charge is 0.493 e. The smallest absolute Gasteiger partial charge is 0.161 e. The van der Waals surface area contributed by atoms with E-state index in [2.05, 4.69) is 59.5 Å². The SMILES string of the molecule is COc1cc2c(cc1OCc1ccccc1)CCN(c1ccccc1)C2. The first-order chi connectivity index (χ1) is 12.8. The third-order valence-electron chi connectivity index (χ3n) is 4.86. The molecule has 0 amide bonds. The number of hydrogen-bond donors (Lipinski definition) is 0. The van der Waals surface area contributed by atoms with Gasteiger partial charge in [0.2, 0.25) is 0 Å². The van der Waals surface area contributed by atoms with Crippen LogP contribution in [0, 0.1) is 0 Å². The molecule has 4 rings (SSSR count). The van der Waals surface area contributed by atoms with Crippen molar-refractivity contribution in [3.63, 3.8) is 0 Å². The third-order valence-corrected chi connectivity index (χ3v) is 4.86. The molecule has 26 heavy (non-hydrogen) atoms. The van der Waals surface area contributed by atoms with E-state index >= 15 is 0 Å². The lowest BCUT2D eigenvalue weighted by Crippen LogP contribution is -2.30. The van der Waals surface area contributed by atoms with Gasteiger partial charge in [0, 0.05) is 18.8 Å². The monoisotopic (exact) mass is 345 g/mol. The van der Waals surface area contributed by atoms with Crippen molar-refractivity contribution in [2.75, 3.05) is 18.6 Å². The summed E-state index contributed by atoms with van der Waals surface area (Å²) in [7, 11) is 1.70. The number of rotatable bonds is 5. The lowest BCUT2D eigenvalue weighted by atomic mass is 9.98. The number of nitrogens with zero attached hydrogens (tertiary/aromatic N) is 1. The molecule has 1 heterocycles. The number of para-hydroxylation sites is 1. The van der Waals surface area contributed by atoms with E-state index in [-0.39, 0.29) is 0 Å². The van der Waals surface area contributed by atoms with Crippen LogP contribution in [-0.4, -0.2) is 13.7 Å². The average Bonchev–Trinajstić information content (AvgIpc) is 2.72. The molecular formula is C23H23NO2. The van der Waals surface area contributed by atoms with Crippen LogP contribution in [0.15, 0.2) is 72.8 Å².